The van der Waals surface area contributed by atoms with Gasteiger partial charge in [0.05, 0.1) is 16.3 Å². The molecule has 2 heterocycles. The lowest BCUT2D eigenvalue weighted by Crippen LogP contribution is -2.07. The van der Waals surface area contributed by atoms with Crippen LogP contribution in [0.5, 0.6) is 0 Å². The Morgan fingerprint density at radius 1 is 1.67 bits per heavy atom. The summed E-state index contributed by atoms with van der Waals surface area (Å²) in [4.78, 5) is 16.5. The van der Waals surface area contributed by atoms with Gasteiger partial charge in [-0.3, -0.25) is 4.79 Å². The van der Waals surface area contributed by atoms with Crippen molar-refractivity contribution in [1.82, 2.24) is 9.55 Å². The topological polar surface area (TPSA) is 34.9 Å². The van der Waals surface area contributed by atoms with Gasteiger partial charge in [-0.1, -0.05) is 11.6 Å². The number of ketones is 1. The third kappa shape index (κ3) is 2.11. The van der Waals surface area contributed by atoms with Crippen LogP contribution in [0.1, 0.15) is 15.5 Å². The number of thiophene rings is 1. The number of nitrogens with zero attached hydrogens (tertiary/aromatic N) is 2. The molecule has 0 aliphatic heterocycles. The molecule has 2 rings (SSSR count). The molecule has 15 heavy (non-hydrogen) atoms. The van der Waals surface area contributed by atoms with Crippen molar-refractivity contribution in [2.24, 2.45) is 7.05 Å². The van der Waals surface area contributed by atoms with Crippen LogP contribution in [0.4, 0.5) is 0 Å². The Labute approximate surface area is 96.3 Å². The van der Waals surface area contributed by atoms with Crippen molar-refractivity contribution in [3.63, 3.8) is 0 Å². The molecule has 0 fully saturated rings. The smallest absolute Gasteiger partial charge is 0.181 e. The molecule has 2 aromatic rings. The van der Waals surface area contributed by atoms with Crippen molar-refractivity contribution in [3.05, 3.63) is 39.6 Å². The largest absolute Gasteiger partial charge is 0.338 e. The van der Waals surface area contributed by atoms with E-state index >= 15 is 0 Å². The third-order valence-corrected chi connectivity index (χ3v) is 3.49. The van der Waals surface area contributed by atoms with Crippen LogP contribution in [0.25, 0.3) is 0 Å². The van der Waals surface area contributed by atoms with Gasteiger partial charge >= 0.3 is 0 Å². The summed E-state index contributed by atoms with van der Waals surface area (Å²) < 4.78 is 1.83. The first-order chi connectivity index (χ1) is 7.18. The Hall–Kier alpha value is -1.13. The van der Waals surface area contributed by atoms with Gasteiger partial charge in [-0.15, -0.1) is 11.3 Å². The average molecular weight is 241 g/mol. The molecular weight excluding hydrogens is 232 g/mol. The molecule has 0 atom stereocenters. The fourth-order valence-corrected chi connectivity index (χ4v) is 2.38. The summed E-state index contributed by atoms with van der Waals surface area (Å²) >= 11 is 7.24. The molecule has 0 spiro atoms. The van der Waals surface area contributed by atoms with Crippen LogP contribution < -0.4 is 0 Å². The number of carbonyl (C=O) groups is 1. The number of hydrogen-bond donors (Lipinski definition) is 0. The molecule has 0 amide bonds. The zero-order chi connectivity index (χ0) is 10.8. The van der Waals surface area contributed by atoms with Crippen molar-refractivity contribution < 1.29 is 4.79 Å². The minimum Gasteiger partial charge on any atom is -0.338 e. The Morgan fingerprint density at radius 2 is 2.47 bits per heavy atom. The standard InChI is InChI=1S/C10H9ClN2OS/c1-13-4-3-12-9(13)6-8(14)10-7(11)2-5-15-10/h2-5H,6H2,1H3. The van der Waals surface area contributed by atoms with E-state index in [1.165, 1.54) is 11.3 Å². The Balaban J connectivity index is 2.18. The number of halogens is 1. The summed E-state index contributed by atoms with van der Waals surface area (Å²) in [6, 6.07) is 1.73. The maximum atomic E-state index is 11.8. The molecule has 0 aliphatic carbocycles. The minimum absolute atomic E-state index is 0.0179. The van der Waals surface area contributed by atoms with Crippen LogP contribution in [0.2, 0.25) is 5.02 Å². The zero-order valence-corrected chi connectivity index (χ0v) is 9.68. The first kappa shape index (κ1) is 10.4. The van der Waals surface area contributed by atoms with Gasteiger partial charge in [-0.25, -0.2) is 4.98 Å². The van der Waals surface area contributed by atoms with Gasteiger partial charge in [0.25, 0.3) is 0 Å². The molecule has 0 saturated carbocycles. The van der Waals surface area contributed by atoms with Crippen LogP contribution in [0.3, 0.4) is 0 Å². The number of aryl methyl sites for hydroxylation is 1. The monoisotopic (exact) mass is 240 g/mol. The second-order valence-electron chi connectivity index (χ2n) is 3.15. The molecule has 0 bridgehead atoms. The Kier molecular flexibility index (Phi) is 2.88. The SMILES string of the molecule is Cn1ccnc1CC(=O)c1sccc1Cl. The number of rotatable bonds is 3. The number of imidazole rings is 1. The fourth-order valence-electron chi connectivity index (χ4n) is 1.28. The maximum absolute atomic E-state index is 11.8. The number of Topliss-reactive ketones (excluding diaryl/α,β-unsaturated/α-hetero) is 1. The predicted molar refractivity (Wildman–Crippen MR) is 60.6 cm³/mol. The van der Waals surface area contributed by atoms with Crippen molar-refractivity contribution >= 4 is 28.7 Å². The van der Waals surface area contributed by atoms with Gasteiger partial charge in [-0.2, -0.15) is 0 Å². The summed E-state index contributed by atoms with van der Waals surface area (Å²) in [6.45, 7) is 0. The molecule has 0 aliphatic rings. The van der Waals surface area contributed by atoms with E-state index in [1.54, 1.807) is 12.3 Å². The van der Waals surface area contributed by atoms with Gasteiger partial charge in [0.1, 0.15) is 5.82 Å². The van der Waals surface area contributed by atoms with Gasteiger partial charge in [0.15, 0.2) is 5.78 Å². The van der Waals surface area contributed by atoms with Crippen molar-refractivity contribution in [2.75, 3.05) is 0 Å². The van der Waals surface area contributed by atoms with Gasteiger partial charge in [-0.05, 0) is 11.4 Å². The number of hydrogen-bond acceptors (Lipinski definition) is 3. The molecular formula is C10H9ClN2OS. The number of aromatic nitrogens is 2. The van der Waals surface area contributed by atoms with Crippen LogP contribution in [-0.4, -0.2) is 15.3 Å². The third-order valence-electron chi connectivity index (χ3n) is 2.11. The molecule has 0 saturated heterocycles. The normalized spacial score (nSPS) is 10.5. The molecule has 0 unspecified atom stereocenters. The van der Waals surface area contributed by atoms with Crippen molar-refractivity contribution in [1.29, 1.82) is 0 Å². The van der Waals surface area contributed by atoms with E-state index in [4.69, 9.17) is 11.6 Å². The lowest BCUT2D eigenvalue weighted by Gasteiger charge is -1.99. The van der Waals surface area contributed by atoms with Crippen molar-refractivity contribution in [3.8, 4) is 0 Å². The summed E-state index contributed by atoms with van der Waals surface area (Å²) in [6.07, 6.45) is 3.79. The molecule has 0 N–H and O–H groups in total. The summed E-state index contributed by atoms with van der Waals surface area (Å²) in [5.74, 6) is 0.772. The predicted octanol–water partition coefficient (Wildman–Crippen LogP) is 2.56. The number of carbonyl (C=O) groups excluding carboxylic acids is 1. The second-order valence-corrected chi connectivity index (χ2v) is 4.48. The Bertz CT molecular complexity index is 489. The highest BCUT2D eigenvalue weighted by Gasteiger charge is 2.14. The van der Waals surface area contributed by atoms with Gasteiger partial charge in [0.2, 0.25) is 0 Å². The van der Waals surface area contributed by atoms with Crippen LogP contribution >= 0.6 is 22.9 Å². The Morgan fingerprint density at radius 3 is 3.00 bits per heavy atom. The molecule has 3 nitrogen and oxygen atoms in total. The summed E-state index contributed by atoms with van der Waals surface area (Å²) in [5, 5.41) is 2.34. The maximum Gasteiger partial charge on any atom is 0.181 e. The van der Waals surface area contributed by atoms with E-state index in [0.29, 0.717) is 16.3 Å². The van der Waals surface area contributed by atoms with E-state index in [0.717, 1.165) is 5.82 Å². The van der Waals surface area contributed by atoms with Crippen LogP contribution in [0.15, 0.2) is 23.8 Å². The molecule has 2 aromatic heterocycles. The highest BCUT2D eigenvalue weighted by molar-refractivity contribution is 7.12. The fraction of sp³-hybridized carbons (Fsp3) is 0.200. The second kappa shape index (κ2) is 4.16. The molecule has 5 heteroatoms. The van der Waals surface area contributed by atoms with Crippen LogP contribution in [0, 0.1) is 0 Å². The van der Waals surface area contributed by atoms with E-state index in [1.807, 2.05) is 23.2 Å². The quantitative estimate of drug-likeness (QED) is 0.773. The van der Waals surface area contributed by atoms with Crippen molar-refractivity contribution in [2.45, 2.75) is 6.42 Å². The molecule has 0 aromatic carbocycles. The zero-order valence-electron chi connectivity index (χ0n) is 8.11. The van der Waals surface area contributed by atoms with Crippen LogP contribution in [-0.2, 0) is 13.5 Å². The average Bonchev–Trinajstić information content (AvgIpc) is 2.76. The van der Waals surface area contributed by atoms with Gasteiger partial charge < -0.3 is 4.57 Å². The molecule has 78 valence electrons. The van der Waals surface area contributed by atoms with E-state index in [9.17, 15) is 4.79 Å². The minimum atomic E-state index is 0.0179. The summed E-state index contributed by atoms with van der Waals surface area (Å²) in [5.41, 5.74) is 0. The van der Waals surface area contributed by atoms with E-state index < -0.39 is 0 Å². The first-order valence-electron chi connectivity index (χ1n) is 4.41. The van der Waals surface area contributed by atoms with E-state index in [-0.39, 0.29) is 5.78 Å². The highest BCUT2D eigenvalue weighted by Crippen LogP contribution is 2.23. The molecule has 0 radical (unpaired) electrons. The van der Waals surface area contributed by atoms with E-state index in [2.05, 4.69) is 4.98 Å². The van der Waals surface area contributed by atoms with Gasteiger partial charge in [0, 0.05) is 19.4 Å². The lowest BCUT2D eigenvalue weighted by atomic mass is 10.2. The highest BCUT2D eigenvalue weighted by atomic mass is 35.5. The first-order valence-corrected chi connectivity index (χ1v) is 5.66. The summed E-state index contributed by atoms with van der Waals surface area (Å²) in [7, 11) is 1.87. The lowest BCUT2D eigenvalue weighted by molar-refractivity contribution is 0.0994.